The molecule has 0 saturated heterocycles. The molecule has 2 aromatic heterocycles. The van der Waals surface area contributed by atoms with Crippen molar-refractivity contribution in [2.45, 2.75) is 0 Å². The normalized spacial score (nSPS) is 10.2. The van der Waals surface area contributed by atoms with Crippen molar-refractivity contribution >= 4 is 11.3 Å². The molecule has 0 unspecified atom stereocenters. The number of thiophene rings is 1. The first-order valence-electron chi connectivity index (χ1n) is 3.13. The lowest BCUT2D eigenvalue weighted by molar-refractivity contribution is 0.186. The zero-order valence-electron chi connectivity index (χ0n) is 5.64. The Labute approximate surface area is 67.5 Å². The first-order chi connectivity index (χ1) is 5.36. The topological polar surface area (TPSA) is 38.0 Å². The van der Waals surface area contributed by atoms with Gasteiger partial charge in [0.25, 0.3) is 0 Å². The van der Waals surface area contributed by atoms with Gasteiger partial charge >= 0.3 is 0 Å². The molecule has 0 fully saturated rings. The van der Waals surface area contributed by atoms with E-state index < -0.39 is 0 Å². The molecule has 0 radical (unpaired) electrons. The van der Waals surface area contributed by atoms with Gasteiger partial charge in [0.2, 0.25) is 0 Å². The van der Waals surface area contributed by atoms with Gasteiger partial charge in [-0.05, 0) is 11.4 Å². The first kappa shape index (κ1) is 6.42. The summed E-state index contributed by atoms with van der Waals surface area (Å²) in [6, 6.07) is 3.92. The van der Waals surface area contributed by atoms with Crippen molar-refractivity contribution < 1.29 is 5.21 Å². The van der Waals surface area contributed by atoms with Crippen LogP contribution in [0.4, 0.5) is 0 Å². The van der Waals surface area contributed by atoms with Crippen LogP contribution in [0.1, 0.15) is 0 Å². The third-order valence-corrected chi connectivity index (χ3v) is 2.24. The van der Waals surface area contributed by atoms with Gasteiger partial charge in [-0.15, -0.1) is 11.3 Å². The van der Waals surface area contributed by atoms with Crippen LogP contribution in [0.3, 0.4) is 0 Å². The second-order valence-corrected chi connectivity index (χ2v) is 3.06. The zero-order valence-corrected chi connectivity index (χ0v) is 6.45. The summed E-state index contributed by atoms with van der Waals surface area (Å²) in [5, 5.41) is 10.9. The number of hydrogen-bond acceptors (Lipinski definition) is 3. The van der Waals surface area contributed by atoms with Crippen molar-refractivity contribution in [2.24, 2.45) is 0 Å². The maximum atomic E-state index is 8.91. The predicted octanol–water partition coefficient (Wildman–Crippen LogP) is 1.85. The van der Waals surface area contributed by atoms with Gasteiger partial charge in [0, 0.05) is 0 Å². The summed E-state index contributed by atoms with van der Waals surface area (Å²) < 4.78 is 0.953. The quantitative estimate of drug-likeness (QED) is 0.656. The molecule has 0 atom stereocenters. The van der Waals surface area contributed by atoms with Gasteiger partial charge < -0.3 is 5.21 Å². The van der Waals surface area contributed by atoms with E-state index in [0.717, 1.165) is 15.3 Å². The molecule has 0 saturated carbocycles. The summed E-state index contributed by atoms with van der Waals surface area (Å²) in [5.41, 5.74) is 0.808. The predicted molar refractivity (Wildman–Crippen MR) is 42.7 cm³/mol. The first-order valence-corrected chi connectivity index (χ1v) is 4.01. The monoisotopic (exact) mass is 166 g/mol. The molecule has 0 aliphatic rings. The Kier molecular flexibility index (Phi) is 1.40. The van der Waals surface area contributed by atoms with Crippen LogP contribution in [-0.2, 0) is 0 Å². The molecule has 3 nitrogen and oxygen atoms in total. The Balaban J connectivity index is 2.45. The van der Waals surface area contributed by atoms with E-state index in [1.807, 2.05) is 17.5 Å². The highest BCUT2D eigenvalue weighted by Gasteiger charge is 2.00. The lowest BCUT2D eigenvalue weighted by Gasteiger charge is -1.85. The molecule has 11 heavy (non-hydrogen) atoms. The van der Waals surface area contributed by atoms with Crippen LogP contribution >= 0.6 is 11.3 Å². The minimum Gasteiger partial charge on any atom is -0.427 e. The van der Waals surface area contributed by atoms with Crippen LogP contribution in [0.2, 0.25) is 0 Å². The van der Waals surface area contributed by atoms with E-state index in [0.29, 0.717) is 0 Å². The molecule has 2 aromatic rings. The minimum absolute atomic E-state index is 0.808. The fourth-order valence-electron chi connectivity index (χ4n) is 0.865. The van der Waals surface area contributed by atoms with Gasteiger partial charge in [0.15, 0.2) is 0 Å². The zero-order chi connectivity index (χ0) is 7.68. The maximum Gasteiger partial charge on any atom is 0.132 e. The molecular weight excluding hydrogens is 160 g/mol. The van der Waals surface area contributed by atoms with Crippen molar-refractivity contribution in [2.75, 3.05) is 0 Å². The Bertz CT molecular complexity index is 339. The van der Waals surface area contributed by atoms with Gasteiger partial charge in [-0.3, -0.25) is 0 Å². The molecule has 0 bridgehead atoms. The van der Waals surface area contributed by atoms with Gasteiger partial charge in [-0.1, -0.05) is 6.07 Å². The van der Waals surface area contributed by atoms with E-state index in [4.69, 9.17) is 5.21 Å². The highest BCUT2D eigenvalue weighted by molar-refractivity contribution is 7.13. The highest BCUT2D eigenvalue weighted by Crippen LogP contribution is 2.21. The molecule has 2 rings (SSSR count). The van der Waals surface area contributed by atoms with Crippen LogP contribution < -0.4 is 0 Å². The summed E-state index contributed by atoms with van der Waals surface area (Å²) in [6.45, 7) is 0. The molecule has 0 amide bonds. The summed E-state index contributed by atoms with van der Waals surface area (Å²) >= 11 is 1.60. The van der Waals surface area contributed by atoms with E-state index in [1.54, 1.807) is 17.5 Å². The van der Waals surface area contributed by atoms with Gasteiger partial charge in [0.1, 0.15) is 12.0 Å². The van der Waals surface area contributed by atoms with Gasteiger partial charge in [-0.2, -0.15) is 4.73 Å². The molecule has 2 heterocycles. The molecule has 0 aliphatic carbocycles. The standard InChI is InChI=1S/C7H6N2OS/c10-9-4-6(8-5-9)7-2-1-3-11-7/h1-5,10H. The number of imidazole rings is 1. The molecule has 0 aliphatic heterocycles. The van der Waals surface area contributed by atoms with Crippen molar-refractivity contribution in [3.05, 3.63) is 30.0 Å². The third kappa shape index (κ3) is 1.12. The molecule has 1 N–H and O–H groups in total. The van der Waals surface area contributed by atoms with Crippen molar-refractivity contribution in [3.63, 3.8) is 0 Å². The highest BCUT2D eigenvalue weighted by atomic mass is 32.1. The SMILES string of the molecule is On1cnc(-c2cccs2)c1. The van der Waals surface area contributed by atoms with E-state index in [-0.39, 0.29) is 0 Å². The minimum atomic E-state index is 0.808. The Morgan fingerprint density at radius 1 is 1.55 bits per heavy atom. The van der Waals surface area contributed by atoms with E-state index >= 15 is 0 Å². The smallest absolute Gasteiger partial charge is 0.132 e. The summed E-state index contributed by atoms with van der Waals surface area (Å²) in [7, 11) is 0. The van der Waals surface area contributed by atoms with Crippen LogP contribution in [0.25, 0.3) is 10.6 Å². The average molecular weight is 166 g/mol. The molecule has 0 spiro atoms. The fourth-order valence-corrected chi connectivity index (χ4v) is 1.55. The second-order valence-electron chi connectivity index (χ2n) is 2.12. The van der Waals surface area contributed by atoms with Gasteiger partial charge in [-0.25, -0.2) is 4.98 Å². The summed E-state index contributed by atoms with van der Waals surface area (Å²) in [6.07, 6.45) is 2.95. The molecular formula is C7H6N2OS. The van der Waals surface area contributed by atoms with Gasteiger partial charge in [0.05, 0.1) is 11.1 Å². The number of aromatic nitrogens is 2. The van der Waals surface area contributed by atoms with Crippen LogP contribution in [0.15, 0.2) is 30.0 Å². The van der Waals surface area contributed by atoms with Crippen LogP contribution in [0, 0.1) is 0 Å². The number of rotatable bonds is 1. The Morgan fingerprint density at radius 2 is 2.45 bits per heavy atom. The number of nitrogens with zero attached hydrogens (tertiary/aromatic N) is 2. The largest absolute Gasteiger partial charge is 0.427 e. The Hall–Kier alpha value is -1.29. The maximum absolute atomic E-state index is 8.91. The molecule has 0 aromatic carbocycles. The molecule has 56 valence electrons. The van der Waals surface area contributed by atoms with E-state index in [9.17, 15) is 0 Å². The lowest BCUT2D eigenvalue weighted by Crippen LogP contribution is -1.79. The third-order valence-electron chi connectivity index (χ3n) is 1.34. The summed E-state index contributed by atoms with van der Waals surface area (Å²) in [5.74, 6) is 0. The average Bonchev–Trinajstić information content (AvgIpc) is 2.55. The molecule has 4 heteroatoms. The lowest BCUT2D eigenvalue weighted by atomic mass is 10.4. The van der Waals surface area contributed by atoms with Crippen molar-refractivity contribution in [1.29, 1.82) is 0 Å². The van der Waals surface area contributed by atoms with E-state index in [2.05, 4.69) is 4.98 Å². The second kappa shape index (κ2) is 2.39. The van der Waals surface area contributed by atoms with Crippen molar-refractivity contribution in [3.8, 4) is 10.6 Å². The van der Waals surface area contributed by atoms with Crippen LogP contribution in [-0.4, -0.2) is 14.9 Å². The summed E-state index contributed by atoms with van der Waals surface area (Å²) in [4.78, 5) is 5.05. The van der Waals surface area contributed by atoms with Crippen LogP contribution in [0.5, 0.6) is 0 Å². The van der Waals surface area contributed by atoms with Crippen molar-refractivity contribution in [1.82, 2.24) is 9.71 Å². The van der Waals surface area contributed by atoms with E-state index in [1.165, 1.54) is 6.33 Å². The Morgan fingerprint density at radius 3 is 3.00 bits per heavy atom. The fraction of sp³-hybridized carbons (Fsp3) is 0. The number of hydrogen-bond donors (Lipinski definition) is 1.